The van der Waals surface area contributed by atoms with Crippen LogP contribution in [0, 0.1) is 29.6 Å². The van der Waals surface area contributed by atoms with Crippen LogP contribution in [0.4, 0.5) is 0 Å². The summed E-state index contributed by atoms with van der Waals surface area (Å²) >= 11 is 0. The van der Waals surface area contributed by atoms with Crippen LogP contribution in [0.15, 0.2) is 0 Å². The van der Waals surface area contributed by atoms with E-state index in [9.17, 15) is 4.79 Å². The van der Waals surface area contributed by atoms with Gasteiger partial charge in [-0.25, -0.2) is 0 Å². The fraction of sp³-hybridized carbons (Fsp3) is 0.947. The summed E-state index contributed by atoms with van der Waals surface area (Å²) < 4.78 is 11.8. The number of esters is 1. The molecule has 6 fully saturated rings. The third-order valence-electron chi connectivity index (χ3n) is 7.31. The predicted molar refractivity (Wildman–Crippen MR) is 84.4 cm³/mol. The molecule has 5 aliphatic carbocycles. The molecule has 4 bridgehead atoms. The maximum atomic E-state index is 12.0. The Balaban J connectivity index is 1.29. The van der Waals surface area contributed by atoms with Gasteiger partial charge in [0.1, 0.15) is 0 Å². The van der Waals surface area contributed by atoms with Gasteiger partial charge in [-0.1, -0.05) is 0 Å². The van der Waals surface area contributed by atoms with Gasteiger partial charge in [0.15, 0.2) is 0 Å². The van der Waals surface area contributed by atoms with E-state index < -0.39 is 11.6 Å². The maximum Gasteiger partial charge on any atom is 0.308 e. The van der Waals surface area contributed by atoms with Gasteiger partial charge < -0.3 is 9.47 Å². The Bertz CT molecular complexity index is 494. The summed E-state index contributed by atoms with van der Waals surface area (Å²) in [6.45, 7) is 2.31. The van der Waals surface area contributed by atoms with Crippen LogP contribution in [0.1, 0.15) is 64.7 Å². The molecule has 2 spiro atoms. The first-order valence-corrected chi connectivity index (χ1v) is 9.86. The minimum atomic E-state index is -0.627. The quantitative estimate of drug-likeness (QED) is 0.570. The van der Waals surface area contributed by atoms with Gasteiger partial charge >= 0.3 is 5.97 Å². The van der Waals surface area contributed by atoms with Crippen molar-refractivity contribution < 1.29 is 24.0 Å². The largest absolute Gasteiger partial charge is 0.466 e. The van der Waals surface area contributed by atoms with Crippen molar-refractivity contribution in [1.82, 2.24) is 0 Å². The van der Waals surface area contributed by atoms with Crippen LogP contribution in [-0.4, -0.2) is 24.2 Å². The van der Waals surface area contributed by atoms with Crippen LogP contribution in [0.25, 0.3) is 0 Å². The lowest BCUT2D eigenvalue weighted by Crippen LogP contribution is -2.59. The highest BCUT2D eigenvalue weighted by Gasteiger charge is 2.66. The van der Waals surface area contributed by atoms with E-state index in [0.717, 1.165) is 37.5 Å². The van der Waals surface area contributed by atoms with Crippen molar-refractivity contribution in [1.29, 1.82) is 0 Å². The lowest BCUT2D eigenvalue weighted by molar-refractivity contribution is -0.390. The topological polar surface area (TPSA) is 54.0 Å². The molecule has 0 amide bonds. The minimum absolute atomic E-state index is 0.0159. The first kappa shape index (κ1) is 15.6. The van der Waals surface area contributed by atoms with Gasteiger partial charge in [0.25, 0.3) is 0 Å². The minimum Gasteiger partial charge on any atom is -0.466 e. The van der Waals surface area contributed by atoms with E-state index in [1.54, 1.807) is 0 Å². The second-order valence-corrected chi connectivity index (χ2v) is 8.73. The molecule has 1 saturated heterocycles. The molecule has 0 aromatic rings. The monoisotopic (exact) mass is 336 g/mol. The standard InChI is InChI=1S/C19H28O5/c1-2-21-17(20)14-3-5-18(6-4-14)22-19(24-23-18)15-8-12-7-13(10-15)11-16(19)9-12/h12-16H,2-11H2,1H3. The van der Waals surface area contributed by atoms with E-state index in [0.29, 0.717) is 18.4 Å². The highest BCUT2D eigenvalue weighted by molar-refractivity contribution is 5.72. The third kappa shape index (κ3) is 2.20. The van der Waals surface area contributed by atoms with Crippen molar-refractivity contribution in [3.05, 3.63) is 0 Å². The molecule has 0 unspecified atom stereocenters. The van der Waals surface area contributed by atoms with Crippen molar-refractivity contribution in [3.63, 3.8) is 0 Å². The number of hydrogen-bond donors (Lipinski definition) is 0. The van der Waals surface area contributed by atoms with Crippen LogP contribution in [0.5, 0.6) is 0 Å². The molecule has 0 radical (unpaired) electrons. The molecule has 5 heteroatoms. The second kappa shape index (κ2) is 5.42. The SMILES string of the molecule is CCOC(=O)C1CCC2(CC1)OOC1(O2)C2CC3CC(C2)CC1C3. The Kier molecular flexibility index (Phi) is 3.52. The summed E-state index contributed by atoms with van der Waals surface area (Å²) in [6.07, 6.45) is 9.33. The second-order valence-electron chi connectivity index (χ2n) is 8.73. The third-order valence-corrected chi connectivity index (χ3v) is 7.31. The molecule has 6 rings (SSSR count). The van der Waals surface area contributed by atoms with E-state index in [2.05, 4.69) is 0 Å². The molecule has 0 aromatic carbocycles. The summed E-state index contributed by atoms with van der Waals surface area (Å²) in [5, 5.41) is 0. The average molecular weight is 336 g/mol. The zero-order chi connectivity index (χ0) is 16.4. The smallest absolute Gasteiger partial charge is 0.308 e. The molecule has 6 aliphatic rings. The number of carbonyl (C=O) groups excluding carboxylic acids is 1. The maximum absolute atomic E-state index is 12.0. The average Bonchev–Trinajstić information content (AvgIpc) is 2.93. The molecule has 0 N–H and O–H groups in total. The Morgan fingerprint density at radius 1 is 1.00 bits per heavy atom. The predicted octanol–water partition coefficient (Wildman–Crippen LogP) is 3.57. The fourth-order valence-electron chi connectivity index (χ4n) is 6.35. The summed E-state index contributed by atoms with van der Waals surface area (Å²) in [4.78, 5) is 23.9. The van der Waals surface area contributed by atoms with E-state index in [4.69, 9.17) is 19.2 Å². The van der Waals surface area contributed by atoms with Crippen molar-refractivity contribution >= 4 is 5.97 Å². The van der Waals surface area contributed by atoms with Gasteiger partial charge in [-0.15, -0.1) is 0 Å². The number of hydrogen-bond acceptors (Lipinski definition) is 5. The van der Waals surface area contributed by atoms with Crippen LogP contribution in [-0.2, 0) is 24.0 Å². The Hall–Kier alpha value is -0.650. The van der Waals surface area contributed by atoms with Crippen molar-refractivity contribution in [3.8, 4) is 0 Å². The lowest BCUT2D eigenvalue weighted by Gasteiger charge is -2.57. The number of ether oxygens (including phenoxy) is 2. The number of carbonyl (C=O) groups is 1. The van der Waals surface area contributed by atoms with E-state index in [1.807, 2.05) is 6.92 Å². The van der Waals surface area contributed by atoms with Crippen molar-refractivity contribution in [2.75, 3.05) is 6.61 Å². The highest BCUT2D eigenvalue weighted by Crippen LogP contribution is 2.63. The summed E-state index contributed by atoms with van der Waals surface area (Å²) in [5.41, 5.74) is 0. The van der Waals surface area contributed by atoms with E-state index in [1.165, 1.54) is 32.1 Å². The lowest BCUT2D eigenvalue weighted by atomic mass is 9.53. The normalized spacial score (nSPS) is 52.3. The highest BCUT2D eigenvalue weighted by atomic mass is 17.3. The first-order valence-electron chi connectivity index (χ1n) is 9.86. The van der Waals surface area contributed by atoms with Crippen LogP contribution >= 0.6 is 0 Å². The summed E-state index contributed by atoms with van der Waals surface area (Å²) in [7, 11) is 0. The van der Waals surface area contributed by atoms with Crippen LogP contribution < -0.4 is 0 Å². The fourth-order valence-corrected chi connectivity index (χ4v) is 6.35. The molecule has 5 saturated carbocycles. The molecule has 24 heavy (non-hydrogen) atoms. The zero-order valence-corrected chi connectivity index (χ0v) is 14.5. The van der Waals surface area contributed by atoms with Gasteiger partial charge in [0, 0.05) is 24.7 Å². The van der Waals surface area contributed by atoms with Gasteiger partial charge in [-0.05, 0) is 63.7 Å². The number of rotatable bonds is 2. The Morgan fingerprint density at radius 3 is 2.21 bits per heavy atom. The zero-order valence-electron chi connectivity index (χ0n) is 14.5. The van der Waals surface area contributed by atoms with Gasteiger partial charge in [-0.2, -0.15) is 9.78 Å². The van der Waals surface area contributed by atoms with Crippen LogP contribution in [0.2, 0.25) is 0 Å². The van der Waals surface area contributed by atoms with Crippen LogP contribution in [0.3, 0.4) is 0 Å². The van der Waals surface area contributed by atoms with Gasteiger partial charge in [0.2, 0.25) is 11.6 Å². The molecule has 0 aromatic heterocycles. The van der Waals surface area contributed by atoms with E-state index >= 15 is 0 Å². The molecular weight excluding hydrogens is 308 g/mol. The van der Waals surface area contributed by atoms with Gasteiger partial charge in [0.05, 0.1) is 12.5 Å². The molecule has 0 atom stereocenters. The molecule has 1 heterocycles. The first-order chi connectivity index (χ1) is 11.6. The molecule has 1 aliphatic heterocycles. The Labute approximate surface area is 143 Å². The van der Waals surface area contributed by atoms with Crippen molar-refractivity contribution in [2.24, 2.45) is 29.6 Å². The van der Waals surface area contributed by atoms with Crippen molar-refractivity contribution in [2.45, 2.75) is 76.3 Å². The van der Waals surface area contributed by atoms with Gasteiger partial charge in [-0.3, -0.25) is 4.79 Å². The Morgan fingerprint density at radius 2 is 1.62 bits per heavy atom. The molecule has 134 valence electrons. The molecular formula is C19H28O5. The summed E-state index contributed by atoms with van der Waals surface area (Å²) in [6, 6.07) is 0. The van der Waals surface area contributed by atoms with E-state index in [-0.39, 0.29) is 11.9 Å². The summed E-state index contributed by atoms with van der Waals surface area (Å²) in [5.74, 6) is 1.53. The molecule has 5 nitrogen and oxygen atoms in total.